The fourth-order valence-electron chi connectivity index (χ4n) is 3.53. The Labute approximate surface area is 183 Å². The highest BCUT2D eigenvalue weighted by atomic mass is 79.9. The normalized spacial score (nSPS) is 19.1. The molecule has 0 atom stereocenters. The number of carbonyl (C=O) groups excluding carboxylic acids is 3. The van der Waals surface area contributed by atoms with Crippen molar-refractivity contribution in [2.75, 3.05) is 19.8 Å². The van der Waals surface area contributed by atoms with Gasteiger partial charge in [-0.05, 0) is 61.7 Å². The highest BCUT2D eigenvalue weighted by Crippen LogP contribution is 2.36. The third kappa shape index (κ3) is 5.85. The maximum Gasteiger partial charge on any atom is 0.344 e. The third-order valence-corrected chi connectivity index (χ3v) is 6.35. The molecule has 6 nitrogen and oxygen atoms in total. The van der Waals surface area contributed by atoms with Gasteiger partial charge in [-0.25, -0.2) is 4.79 Å². The second-order valence-corrected chi connectivity index (χ2v) is 8.98. The van der Waals surface area contributed by atoms with Crippen molar-refractivity contribution < 1.29 is 23.9 Å². The van der Waals surface area contributed by atoms with E-state index in [0.717, 1.165) is 41.9 Å². The summed E-state index contributed by atoms with van der Waals surface area (Å²) in [6.07, 6.45) is 7.34. The molecule has 1 aliphatic heterocycles. The van der Waals surface area contributed by atoms with Gasteiger partial charge in [-0.15, -0.1) is 0 Å². The minimum atomic E-state index is -0.464. The van der Waals surface area contributed by atoms with Crippen molar-refractivity contribution in [3.63, 3.8) is 0 Å². The average Bonchev–Trinajstić information content (AvgIpc) is 2.96. The van der Waals surface area contributed by atoms with Gasteiger partial charge in [0.15, 0.2) is 6.61 Å². The van der Waals surface area contributed by atoms with Crippen LogP contribution in [0.25, 0.3) is 6.08 Å². The quantitative estimate of drug-likeness (QED) is 0.402. The maximum atomic E-state index is 12.8. The van der Waals surface area contributed by atoms with Crippen LogP contribution in [-0.2, 0) is 14.3 Å². The first-order valence-electron chi connectivity index (χ1n) is 9.81. The molecule has 0 N–H and O–H groups in total. The summed E-state index contributed by atoms with van der Waals surface area (Å²) in [5, 5.41) is -0.226. The Morgan fingerprint density at radius 3 is 2.76 bits per heavy atom. The maximum absolute atomic E-state index is 12.8. The molecule has 1 saturated carbocycles. The average molecular weight is 482 g/mol. The van der Waals surface area contributed by atoms with E-state index in [1.54, 1.807) is 31.2 Å². The Morgan fingerprint density at radius 1 is 1.28 bits per heavy atom. The molecule has 1 aromatic carbocycles. The van der Waals surface area contributed by atoms with Gasteiger partial charge in [0.1, 0.15) is 5.75 Å². The zero-order chi connectivity index (χ0) is 20.8. The fraction of sp³-hybridized carbons (Fsp3) is 0.476. The number of esters is 1. The van der Waals surface area contributed by atoms with E-state index in [0.29, 0.717) is 28.7 Å². The Bertz CT molecular complexity index is 819. The molecular formula is C21H24BrNO5S. The van der Waals surface area contributed by atoms with E-state index < -0.39 is 5.97 Å². The predicted molar refractivity (Wildman–Crippen MR) is 116 cm³/mol. The van der Waals surface area contributed by atoms with Gasteiger partial charge in [-0.1, -0.05) is 35.2 Å². The first-order chi connectivity index (χ1) is 14.0. The molecule has 0 bridgehead atoms. The van der Waals surface area contributed by atoms with Crippen molar-refractivity contribution in [3.05, 3.63) is 33.1 Å². The summed E-state index contributed by atoms with van der Waals surface area (Å²) in [6, 6.07) is 5.28. The molecule has 1 aromatic rings. The van der Waals surface area contributed by atoms with Crippen LogP contribution in [0.5, 0.6) is 5.75 Å². The third-order valence-electron chi connectivity index (χ3n) is 4.95. The molecule has 0 spiro atoms. The number of carbonyl (C=O) groups is 3. The lowest BCUT2D eigenvalue weighted by Gasteiger charge is -2.25. The van der Waals surface area contributed by atoms with Crippen LogP contribution in [0.4, 0.5) is 4.79 Å². The van der Waals surface area contributed by atoms with E-state index in [2.05, 4.69) is 15.9 Å². The van der Waals surface area contributed by atoms with Gasteiger partial charge in [0.2, 0.25) is 0 Å². The predicted octanol–water partition coefficient (Wildman–Crippen LogP) is 5.01. The van der Waals surface area contributed by atoms with Crippen LogP contribution >= 0.6 is 27.7 Å². The second-order valence-electron chi connectivity index (χ2n) is 7.07. The zero-order valence-electron chi connectivity index (χ0n) is 16.3. The molecule has 156 valence electrons. The number of halogens is 1. The number of benzene rings is 1. The van der Waals surface area contributed by atoms with Crippen LogP contribution in [0.1, 0.15) is 44.6 Å². The molecule has 0 radical (unpaired) electrons. The molecule has 1 aliphatic carbocycles. The molecule has 8 heteroatoms. The Kier molecular flexibility index (Phi) is 7.77. The molecule has 2 aliphatic rings. The van der Waals surface area contributed by atoms with Crippen molar-refractivity contribution in [1.82, 2.24) is 4.90 Å². The van der Waals surface area contributed by atoms with Crippen LogP contribution in [0, 0.1) is 5.92 Å². The summed E-state index contributed by atoms with van der Waals surface area (Å²) in [5.74, 6) is 0.113. The largest absolute Gasteiger partial charge is 0.481 e. The van der Waals surface area contributed by atoms with E-state index in [4.69, 9.17) is 9.47 Å². The van der Waals surface area contributed by atoms with Crippen LogP contribution in [0.2, 0.25) is 0 Å². The topological polar surface area (TPSA) is 72.9 Å². The summed E-state index contributed by atoms with van der Waals surface area (Å²) in [7, 11) is 0. The van der Waals surface area contributed by atoms with Crippen LogP contribution in [-0.4, -0.2) is 41.8 Å². The van der Waals surface area contributed by atoms with E-state index in [1.807, 2.05) is 0 Å². The number of thioether (sulfide) groups is 1. The Morgan fingerprint density at radius 2 is 2.03 bits per heavy atom. The Hall–Kier alpha value is -1.80. The minimum Gasteiger partial charge on any atom is -0.481 e. The van der Waals surface area contributed by atoms with Gasteiger partial charge in [-0.2, -0.15) is 0 Å². The molecule has 1 saturated heterocycles. The molecular weight excluding hydrogens is 458 g/mol. The monoisotopic (exact) mass is 481 g/mol. The lowest BCUT2D eigenvalue weighted by molar-refractivity contribution is -0.145. The van der Waals surface area contributed by atoms with Gasteiger partial charge >= 0.3 is 5.97 Å². The van der Waals surface area contributed by atoms with E-state index in [-0.39, 0.29) is 24.4 Å². The number of imide groups is 1. The Balaban J connectivity index is 1.75. The van der Waals surface area contributed by atoms with Gasteiger partial charge in [0, 0.05) is 16.6 Å². The number of rotatable bonds is 7. The van der Waals surface area contributed by atoms with Crippen LogP contribution in [0.3, 0.4) is 0 Å². The van der Waals surface area contributed by atoms with Gasteiger partial charge in [0.25, 0.3) is 11.1 Å². The van der Waals surface area contributed by atoms with Gasteiger partial charge in [0.05, 0.1) is 11.5 Å². The summed E-state index contributed by atoms with van der Waals surface area (Å²) in [4.78, 5) is 38.6. The van der Waals surface area contributed by atoms with Crippen molar-refractivity contribution in [3.8, 4) is 5.75 Å². The van der Waals surface area contributed by atoms with Crippen molar-refractivity contribution in [2.24, 2.45) is 5.92 Å². The van der Waals surface area contributed by atoms with Crippen LogP contribution < -0.4 is 4.74 Å². The number of nitrogens with zero attached hydrogens (tertiary/aromatic N) is 1. The molecule has 0 unspecified atom stereocenters. The number of hydrogen-bond donors (Lipinski definition) is 0. The minimum absolute atomic E-state index is 0.223. The number of ether oxygens (including phenoxy) is 2. The van der Waals surface area contributed by atoms with Crippen molar-refractivity contribution in [2.45, 2.75) is 39.0 Å². The summed E-state index contributed by atoms with van der Waals surface area (Å²) < 4.78 is 11.2. The molecule has 29 heavy (non-hydrogen) atoms. The lowest BCUT2D eigenvalue weighted by Crippen LogP contribution is -2.34. The summed E-state index contributed by atoms with van der Waals surface area (Å²) in [6.45, 7) is 2.28. The second kappa shape index (κ2) is 10.3. The highest BCUT2D eigenvalue weighted by molar-refractivity contribution is 9.10. The first-order valence-corrected chi connectivity index (χ1v) is 11.4. The number of amides is 2. The van der Waals surface area contributed by atoms with E-state index >= 15 is 0 Å². The summed E-state index contributed by atoms with van der Waals surface area (Å²) in [5.41, 5.74) is 0.617. The lowest BCUT2D eigenvalue weighted by atomic mass is 9.89. The SMILES string of the molecule is CCOC(=O)COc1ccc(Br)cc1/C=C1/SC(=O)N(CC2CCCCC2)C1=O. The first kappa shape index (κ1) is 21.9. The molecule has 2 fully saturated rings. The van der Waals surface area contributed by atoms with Gasteiger partial charge < -0.3 is 9.47 Å². The van der Waals surface area contributed by atoms with E-state index in [9.17, 15) is 14.4 Å². The standard InChI is InChI=1S/C21H24BrNO5S/c1-2-27-19(24)13-28-17-9-8-16(22)10-15(17)11-18-20(25)23(21(26)29-18)12-14-6-4-3-5-7-14/h8-11,14H,2-7,12-13H2,1H3/b18-11+. The summed E-state index contributed by atoms with van der Waals surface area (Å²) >= 11 is 4.36. The molecule has 3 rings (SSSR count). The highest BCUT2D eigenvalue weighted by Gasteiger charge is 2.36. The zero-order valence-corrected chi connectivity index (χ0v) is 18.7. The molecule has 2 amide bonds. The van der Waals surface area contributed by atoms with Crippen LogP contribution in [0.15, 0.2) is 27.6 Å². The molecule has 0 aromatic heterocycles. The van der Waals surface area contributed by atoms with Gasteiger partial charge in [-0.3, -0.25) is 14.5 Å². The fourth-order valence-corrected chi connectivity index (χ4v) is 4.75. The van der Waals surface area contributed by atoms with E-state index in [1.165, 1.54) is 11.3 Å². The van der Waals surface area contributed by atoms with Crippen molar-refractivity contribution in [1.29, 1.82) is 0 Å². The smallest absolute Gasteiger partial charge is 0.344 e. The van der Waals surface area contributed by atoms with Crippen molar-refractivity contribution >= 4 is 50.9 Å². The molecule has 1 heterocycles. The number of hydrogen-bond acceptors (Lipinski definition) is 6.